The Morgan fingerprint density at radius 3 is 2.55 bits per heavy atom. The van der Waals surface area contributed by atoms with E-state index in [-0.39, 0.29) is 5.92 Å². The van der Waals surface area contributed by atoms with Crippen LogP contribution in [0.3, 0.4) is 0 Å². The zero-order chi connectivity index (χ0) is 16.7. The molecule has 0 aromatic heterocycles. The summed E-state index contributed by atoms with van der Waals surface area (Å²) in [6.45, 7) is 3.75. The number of rotatable bonds is 6. The summed E-state index contributed by atoms with van der Waals surface area (Å²) in [7, 11) is 1.28. The van der Waals surface area contributed by atoms with Crippen LogP contribution in [0.1, 0.15) is 30.6 Å². The Morgan fingerprint density at radius 2 is 2.00 bits per heavy atom. The number of ether oxygens (including phenoxy) is 1. The van der Waals surface area contributed by atoms with Gasteiger partial charge in [-0.2, -0.15) is 0 Å². The summed E-state index contributed by atoms with van der Waals surface area (Å²) in [6, 6.07) is 4.84. The van der Waals surface area contributed by atoms with Gasteiger partial charge in [-0.3, -0.25) is 4.79 Å². The second-order valence-electron chi connectivity index (χ2n) is 4.93. The smallest absolute Gasteiger partial charge is 0.337 e. The van der Waals surface area contributed by atoms with E-state index in [1.807, 2.05) is 13.8 Å². The second kappa shape index (κ2) is 8.02. The SMILES string of the molecule is CC[C@@H](C)[C@H](NC(N)=O)C(=O)Nc1cccc(C(=O)OC)c1. The minimum absolute atomic E-state index is 0.0868. The first-order valence-electron chi connectivity index (χ1n) is 6.94. The van der Waals surface area contributed by atoms with Crippen molar-refractivity contribution in [1.29, 1.82) is 0 Å². The quantitative estimate of drug-likeness (QED) is 0.691. The summed E-state index contributed by atoms with van der Waals surface area (Å²) in [4.78, 5) is 34.8. The lowest BCUT2D eigenvalue weighted by atomic mass is 9.98. The number of carbonyl (C=O) groups is 3. The van der Waals surface area contributed by atoms with E-state index in [0.29, 0.717) is 17.7 Å². The Bertz CT molecular complexity index is 559. The fourth-order valence-electron chi connectivity index (χ4n) is 1.92. The summed E-state index contributed by atoms with van der Waals surface area (Å²) in [5, 5.41) is 5.10. The molecule has 0 aliphatic carbocycles. The van der Waals surface area contributed by atoms with Gasteiger partial charge in [0, 0.05) is 5.69 Å². The average molecular weight is 307 g/mol. The van der Waals surface area contributed by atoms with Crippen LogP contribution in [-0.2, 0) is 9.53 Å². The van der Waals surface area contributed by atoms with Crippen molar-refractivity contribution in [2.24, 2.45) is 11.7 Å². The fraction of sp³-hybridized carbons (Fsp3) is 0.400. The molecule has 0 aliphatic rings. The Morgan fingerprint density at radius 1 is 1.32 bits per heavy atom. The van der Waals surface area contributed by atoms with Gasteiger partial charge in [-0.25, -0.2) is 9.59 Å². The van der Waals surface area contributed by atoms with E-state index >= 15 is 0 Å². The van der Waals surface area contributed by atoms with Crippen LogP contribution in [-0.4, -0.2) is 31.1 Å². The summed E-state index contributed by atoms with van der Waals surface area (Å²) >= 11 is 0. The minimum Gasteiger partial charge on any atom is -0.465 e. The van der Waals surface area contributed by atoms with Crippen LogP contribution in [0.25, 0.3) is 0 Å². The lowest BCUT2D eigenvalue weighted by molar-refractivity contribution is -0.119. The lowest BCUT2D eigenvalue weighted by Gasteiger charge is -2.22. The average Bonchev–Trinajstić information content (AvgIpc) is 2.51. The minimum atomic E-state index is -0.760. The molecule has 0 heterocycles. The number of benzene rings is 1. The summed E-state index contributed by atoms with van der Waals surface area (Å²) in [6.07, 6.45) is 0.695. The summed E-state index contributed by atoms with van der Waals surface area (Å²) in [5.41, 5.74) is 5.87. The Labute approximate surface area is 129 Å². The fourth-order valence-corrected chi connectivity index (χ4v) is 1.92. The molecule has 0 saturated carbocycles. The largest absolute Gasteiger partial charge is 0.465 e. The monoisotopic (exact) mass is 307 g/mol. The first kappa shape index (κ1) is 17.5. The molecule has 1 rings (SSSR count). The van der Waals surface area contributed by atoms with Gasteiger partial charge >= 0.3 is 12.0 Å². The number of nitrogens with one attached hydrogen (secondary N) is 2. The molecule has 1 aromatic carbocycles. The van der Waals surface area contributed by atoms with Crippen molar-refractivity contribution in [3.63, 3.8) is 0 Å². The molecular weight excluding hydrogens is 286 g/mol. The number of primary amides is 1. The van der Waals surface area contributed by atoms with E-state index in [0.717, 1.165) is 0 Å². The molecule has 2 atom stereocenters. The van der Waals surface area contributed by atoms with E-state index in [1.54, 1.807) is 18.2 Å². The van der Waals surface area contributed by atoms with Crippen molar-refractivity contribution < 1.29 is 19.1 Å². The van der Waals surface area contributed by atoms with Gasteiger partial charge in [-0.05, 0) is 24.1 Å². The Kier molecular flexibility index (Phi) is 6.37. The number of anilines is 1. The van der Waals surface area contributed by atoms with Crippen molar-refractivity contribution in [2.45, 2.75) is 26.3 Å². The first-order chi connectivity index (χ1) is 10.4. The third kappa shape index (κ3) is 4.76. The van der Waals surface area contributed by atoms with Gasteiger partial charge in [0.1, 0.15) is 6.04 Å². The van der Waals surface area contributed by atoms with Crippen LogP contribution in [0, 0.1) is 5.92 Å². The van der Waals surface area contributed by atoms with Crippen molar-refractivity contribution in [3.8, 4) is 0 Å². The number of carbonyl (C=O) groups excluding carboxylic acids is 3. The van der Waals surface area contributed by atoms with Crippen LogP contribution in [0.2, 0.25) is 0 Å². The van der Waals surface area contributed by atoms with Crippen LogP contribution in [0.4, 0.5) is 10.5 Å². The van der Waals surface area contributed by atoms with Crippen molar-refractivity contribution >= 4 is 23.6 Å². The number of hydrogen-bond acceptors (Lipinski definition) is 4. The highest BCUT2D eigenvalue weighted by molar-refractivity contribution is 5.98. The summed E-state index contributed by atoms with van der Waals surface area (Å²) < 4.78 is 4.63. The highest BCUT2D eigenvalue weighted by Gasteiger charge is 2.25. The predicted octanol–water partition coefficient (Wildman–Crippen LogP) is 1.49. The maximum absolute atomic E-state index is 12.3. The molecule has 7 heteroatoms. The predicted molar refractivity (Wildman–Crippen MR) is 82.4 cm³/mol. The number of hydrogen-bond donors (Lipinski definition) is 3. The van der Waals surface area contributed by atoms with Gasteiger partial charge < -0.3 is 21.1 Å². The zero-order valence-corrected chi connectivity index (χ0v) is 12.9. The molecule has 4 N–H and O–H groups in total. The standard InChI is InChI=1S/C15H21N3O4/c1-4-9(2)12(18-15(16)21)13(19)17-11-7-5-6-10(8-11)14(20)22-3/h5-9,12H,4H2,1-3H3,(H,17,19)(H3,16,18,21)/t9-,12+/m1/s1. The molecule has 1 aromatic rings. The molecule has 0 radical (unpaired) electrons. The number of methoxy groups -OCH3 is 1. The first-order valence-corrected chi connectivity index (χ1v) is 6.94. The molecule has 0 aliphatic heterocycles. The number of urea groups is 1. The second-order valence-corrected chi connectivity index (χ2v) is 4.93. The number of amides is 3. The Balaban J connectivity index is 2.89. The van der Waals surface area contributed by atoms with Gasteiger partial charge in [-0.15, -0.1) is 0 Å². The maximum atomic E-state index is 12.3. The van der Waals surface area contributed by atoms with Gasteiger partial charge in [0.05, 0.1) is 12.7 Å². The van der Waals surface area contributed by atoms with E-state index in [4.69, 9.17) is 5.73 Å². The van der Waals surface area contributed by atoms with Crippen molar-refractivity contribution in [3.05, 3.63) is 29.8 Å². The molecule has 0 bridgehead atoms. The molecular formula is C15H21N3O4. The third-order valence-corrected chi connectivity index (χ3v) is 3.34. The van der Waals surface area contributed by atoms with Gasteiger partial charge in [0.2, 0.25) is 5.91 Å². The van der Waals surface area contributed by atoms with Crippen molar-refractivity contribution in [1.82, 2.24) is 5.32 Å². The molecule has 22 heavy (non-hydrogen) atoms. The molecule has 3 amide bonds. The molecule has 7 nitrogen and oxygen atoms in total. The van der Waals surface area contributed by atoms with E-state index in [9.17, 15) is 14.4 Å². The molecule has 0 saturated heterocycles. The maximum Gasteiger partial charge on any atom is 0.337 e. The normalized spacial score (nSPS) is 12.9. The number of esters is 1. The van der Waals surface area contributed by atoms with E-state index in [2.05, 4.69) is 15.4 Å². The Hall–Kier alpha value is -2.57. The topological polar surface area (TPSA) is 111 Å². The molecule has 0 unspecified atom stereocenters. The van der Waals surface area contributed by atoms with E-state index in [1.165, 1.54) is 13.2 Å². The van der Waals surface area contributed by atoms with Crippen molar-refractivity contribution in [2.75, 3.05) is 12.4 Å². The van der Waals surface area contributed by atoms with E-state index < -0.39 is 23.9 Å². The molecule has 120 valence electrons. The molecule has 0 fully saturated rings. The van der Waals surface area contributed by atoms with Gasteiger partial charge in [0.15, 0.2) is 0 Å². The van der Waals surface area contributed by atoms with Crippen LogP contribution >= 0.6 is 0 Å². The molecule has 0 spiro atoms. The lowest BCUT2D eigenvalue weighted by Crippen LogP contribution is -2.49. The van der Waals surface area contributed by atoms with Crippen LogP contribution in [0.15, 0.2) is 24.3 Å². The number of nitrogens with two attached hydrogens (primary N) is 1. The summed E-state index contributed by atoms with van der Waals surface area (Å²) in [5.74, 6) is -0.976. The highest BCUT2D eigenvalue weighted by atomic mass is 16.5. The van der Waals surface area contributed by atoms with Crippen LogP contribution < -0.4 is 16.4 Å². The van der Waals surface area contributed by atoms with Gasteiger partial charge in [0.25, 0.3) is 0 Å². The van der Waals surface area contributed by atoms with Gasteiger partial charge in [-0.1, -0.05) is 26.3 Å². The zero-order valence-electron chi connectivity index (χ0n) is 12.9. The third-order valence-electron chi connectivity index (χ3n) is 3.34. The highest BCUT2D eigenvalue weighted by Crippen LogP contribution is 2.14. The van der Waals surface area contributed by atoms with Crippen LogP contribution in [0.5, 0.6) is 0 Å².